The van der Waals surface area contributed by atoms with Gasteiger partial charge in [-0.3, -0.25) is 14.3 Å². The number of rotatable bonds is 7. The van der Waals surface area contributed by atoms with Gasteiger partial charge in [-0.15, -0.1) is 11.3 Å². The summed E-state index contributed by atoms with van der Waals surface area (Å²) in [5, 5.41) is 7.00. The van der Waals surface area contributed by atoms with Crippen molar-refractivity contribution >= 4 is 38.9 Å². The third kappa shape index (κ3) is 4.80. The fourth-order valence-corrected chi connectivity index (χ4v) is 4.13. The summed E-state index contributed by atoms with van der Waals surface area (Å²) >= 11 is 1.12. The van der Waals surface area contributed by atoms with Gasteiger partial charge in [0.15, 0.2) is 0 Å². The van der Waals surface area contributed by atoms with E-state index in [-0.39, 0.29) is 22.7 Å². The summed E-state index contributed by atoms with van der Waals surface area (Å²) in [7, 11) is -3.62. The van der Waals surface area contributed by atoms with Gasteiger partial charge < -0.3 is 10.6 Å². The van der Waals surface area contributed by atoms with Gasteiger partial charge in [0.2, 0.25) is 5.91 Å². The largest absolute Gasteiger partial charge is 0.352 e. The monoisotopic (exact) mass is 379 g/mol. The first-order valence-electron chi connectivity index (χ1n) is 7.68. The number of nitrogens with one attached hydrogen (secondary N) is 3. The topological polar surface area (TPSA) is 104 Å². The normalized spacial score (nSPS) is 13.9. The molecule has 1 heterocycles. The Morgan fingerprint density at radius 2 is 1.84 bits per heavy atom. The highest BCUT2D eigenvalue weighted by Crippen LogP contribution is 2.20. The molecule has 0 saturated heterocycles. The van der Waals surface area contributed by atoms with E-state index in [4.69, 9.17) is 0 Å². The minimum atomic E-state index is -3.62. The number of thiophene rings is 1. The zero-order chi connectivity index (χ0) is 17.9. The molecule has 1 aromatic heterocycles. The molecule has 3 rings (SSSR count). The lowest BCUT2D eigenvalue weighted by Gasteiger charge is -2.08. The van der Waals surface area contributed by atoms with Crippen molar-refractivity contribution in [2.24, 2.45) is 0 Å². The summed E-state index contributed by atoms with van der Waals surface area (Å²) in [6.07, 6.45) is 1.98. The van der Waals surface area contributed by atoms with Crippen molar-refractivity contribution < 1.29 is 18.0 Å². The summed E-state index contributed by atoms with van der Waals surface area (Å²) in [5.41, 5.74) is 0.703. The second-order valence-corrected chi connectivity index (χ2v) is 8.50. The van der Waals surface area contributed by atoms with Crippen LogP contribution in [0.1, 0.15) is 23.2 Å². The van der Waals surface area contributed by atoms with Crippen molar-refractivity contribution in [1.29, 1.82) is 0 Å². The highest BCUT2D eigenvalue weighted by Gasteiger charge is 2.23. The molecule has 0 aliphatic heterocycles. The fourth-order valence-electron chi connectivity index (χ4n) is 2.08. The molecule has 25 heavy (non-hydrogen) atoms. The van der Waals surface area contributed by atoms with Crippen LogP contribution in [-0.2, 0) is 14.8 Å². The molecular formula is C16H17N3O4S2. The van der Waals surface area contributed by atoms with Crippen LogP contribution in [0.15, 0.2) is 46.0 Å². The first-order chi connectivity index (χ1) is 11.9. The molecule has 0 radical (unpaired) electrons. The molecule has 132 valence electrons. The Balaban J connectivity index is 1.56. The van der Waals surface area contributed by atoms with Gasteiger partial charge in [-0.2, -0.15) is 0 Å². The number of hydrogen-bond acceptors (Lipinski definition) is 5. The molecule has 0 unspecified atom stereocenters. The van der Waals surface area contributed by atoms with E-state index in [1.165, 1.54) is 30.3 Å². The average molecular weight is 379 g/mol. The fraction of sp³-hybridized carbons (Fsp3) is 0.250. The first kappa shape index (κ1) is 17.4. The van der Waals surface area contributed by atoms with Gasteiger partial charge in [0, 0.05) is 17.3 Å². The van der Waals surface area contributed by atoms with Gasteiger partial charge in [-0.25, -0.2) is 8.42 Å². The molecule has 0 spiro atoms. The Bertz CT molecular complexity index is 857. The molecule has 1 aromatic carbocycles. The number of carbonyl (C=O) groups excluding carboxylic acids is 2. The average Bonchev–Trinajstić information content (AvgIpc) is 3.20. The van der Waals surface area contributed by atoms with Gasteiger partial charge in [0.25, 0.3) is 15.9 Å². The molecule has 3 N–H and O–H groups in total. The highest BCUT2D eigenvalue weighted by atomic mass is 32.2. The van der Waals surface area contributed by atoms with Gasteiger partial charge in [-0.1, -0.05) is 6.07 Å². The standard InChI is InChI=1S/C16H17N3O4S2/c20-14(18-12-7-8-12)10-17-16(21)11-3-5-13(6-4-11)19-25(22,23)15-2-1-9-24-15/h1-6,9,12,19H,7-8,10H2,(H,17,21)(H,18,20). The number of benzene rings is 1. The van der Waals surface area contributed by atoms with E-state index in [0.717, 1.165) is 24.2 Å². The van der Waals surface area contributed by atoms with Crippen LogP contribution in [0.25, 0.3) is 0 Å². The molecule has 1 saturated carbocycles. The number of amides is 2. The van der Waals surface area contributed by atoms with E-state index in [9.17, 15) is 18.0 Å². The Kier molecular flexibility index (Phi) is 5.05. The second-order valence-electron chi connectivity index (χ2n) is 5.64. The van der Waals surface area contributed by atoms with Crippen molar-refractivity contribution in [2.75, 3.05) is 11.3 Å². The highest BCUT2D eigenvalue weighted by molar-refractivity contribution is 7.94. The lowest BCUT2D eigenvalue weighted by molar-refractivity contribution is -0.120. The van der Waals surface area contributed by atoms with E-state index < -0.39 is 15.9 Å². The van der Waals surface area contributed by atoms with Crippen LogP contribution in [0.3, 0.4) is 0 Å². The molecule has 1 aliphatic rings. The van der Waals surface area contributed by atoms with Gasteiger partial charge in [-0.05, 0) is 48.6 Å². The number of anilines is 1. The first-order valence-corrected chi connectivity index (χ1v) is 10.0. The van der Waals surface area contributed by atoms with E-state index in [1.807, 2.05) is 0 Å². The third-order valence-electron chi connectivity index (χ3n) is 3.51. The maximum absolute atomic E-state index is 12.1. The molecule has 1 aliphatic carbocycles. The predicted octanol–water partition coefficient (Wildman–Crippen LogP) is 1.56. The van der Waals surface area contributed by atoms with Crippen LogP contribution in [-0.4, -0.2) is 32.8 Å². The Hall–Kier alpha value is -2.39. The number of carbonyl (C=O) groups is 2. The van der Waals surface area contributed by atoms with Crippen LogP contribution >= 0.6 is 11.3 Å². The van der Waals surface area contributed by atoms with Crippen molar-refractivity contribution in [1.82, 2.24) is 10.6 Å². The Morgan fingerprint density at radius 3 is 2.44 bits per heavy atom. The summed E-state index contributed by atoms with van der Waals surface area (Å²) in [4.78, 5) is 23.6. The summed E-state index contributed by atoms with van der Waals surface area (Å²) in [6.45, 7) is -0.0813. The SMILES string of the molecule is O=C(CNC(=O)c1ccc(NS(=O)(=O)c2cccs2)cc1)NC1CC1. The lowest BCUT2D eigenvalue weighted by Crippen LogP contribution is -2.37. The summed E-state index contributed by atoms with van der Waals surface area (Å²) in [5.74, 6) is -0.602. The summed E-state index contributed by atoms with van der Waals surface area (Å²) in [6, 6.07) is 9.43. The van der Waals surface area contributed by atoms with Gasteiger partial charge >= 0.3 is 0 Å². The van der Waals surface area contributed by atoms with Crippen LogP contribution in [0.5, 0.6) is 0 Å². The molecule has 0 atom stereocenters. The Labute approximate surface area is 149 Å². The van der Waals surface area contributed by atoms with E-state index >= 15 is 0 Å². The minimum Gasteiger partial charge on any atom is -0.352 e. The maximum Gasteiger partial charge on any atom is 0.271 e. The van der Waals surface area contributed by atoms with Gasteiger partial charge in [0.05, 0.1) is 6.54 Å². The third-order valence-corrected chi connectivity index (χ3v) is 6.29. The zero-order valence-electron chi connectivity index (χ0n) is 13.2. The molecule has 7 nitrogen and oxygen atoms in total. The molecule has 1 fully saturated rings. The van der Waals surface area contributed by atoms with Crippen LogP contribution in [0.4, 0.5) is 5.69 Å². The lowest BCUT2D eigenvalue weighted by atomic mass is 10.2. The van der Waals surface area contributed by atoms with Crippen molar-refractivity contribution in [3.05, 3.63) is 47.3 Å². The molecular weight excluding hydrogens is 362 g/mol. The smallest absolute Gasteiger partial charge is 0.271 e. The van der Waals surface area contributed by atoms with E-state index in [2.05, 4.69) is 15.4 Å². The van der Waals surface area contributed by atoms with E-state index in [1.54, 1.807) is 11.4 Å². The number of sulfonamides is 1. The zero-order valence-corrected chi connectivity index (χ0v) is 14.8. The van der Waals surface area contributed by atoms with Crippen molar-refractivity contribution in [3.8, 4) is 0 Å². The summed E-state index contributed by atoms with van der Waals surface area (Å²) < 4.78 is 26.9. The predicted molar refractivity (Wildman–Crippen MR) is 95.1 cm³/mol. The second kappa shape index (κ2) is 7.24. The quantitative estimate of drug-likeness (QED) is 0.679. The molecule has 0 bridgehead atoms. The van der Waals surface area contributed by atoms with E-state index in [0.29, 0.717) is 11.3 Å². The Morgan fingerprint density at radius 1 is 1.12 bits per heavy atom. The van der Waals surface area contributed by atoms with Crippen molar-refractivity contribution in [2.45, 2.75) is 23.1 Å². The van der Waals surface area contributed by atoms with Crippen molar-refractivity contribution in [3.63, 3.8) is 0 Å². The minimum absolute atomic E-state index is 0.0813. The van der Waals surface area contributed by atoms with Gasteiger partial charge in [0.1, 0.15) is 4.21 Å². The molecule has 2 aromatic rings. The van der Waals surface area contributed by atoms with Crippen LogP contribution in [0, 0.1) is 0 Å². The van der Waals surface area contributed by atoms with Crippen LogP contribution < -0.4 is 15.4 Å². The molecule has 9 heteroatoms. The van der Waals surface area contributed by atoms with Crippen LogP contribution in [0.2, 0.25) is 0 Å². The maximum atomic E-state index is 12.1. The number of hydrogen-bond donors (Lipinski definition) is 3. The molecule has 2 amide bonds.